The van der Waals surface area contributed by atoms with E-state index in [1.54, 1.807) is 0 Å². The van der Waals surface area contributed by atoms with Crippen molar-refractivity contribution >= 4 is 39.8 Å². The molecule has 4 aliphatic rings. The minimum absolute atomic E-state index is 0. The van der Waals surface area contributed by atoms with Crippen LogP contribution in [0.4, 0.5) is 0 Å². The summed E-state index contributed by atoms with van der Waals surface area (Å²) in [6, 6.07) is 0.903. The largest absolute Gasteiger partial charge is 0.375 e. The third-order valence-electron chi connectivity index (χ3n) is 6.88. The van der Waals surface area contributed by atoms with E-state index in [2.05, 4.69) is 10.6 Å². The summed E-state index contributed by atoms with van der Waals surface area (Å²) >= 11 is 0. The molecule has 2 aliphatic heterocycles. The minimum atomic E-state index is -2.83. The summed E-state index contributed by atoms with van der Waals surface area (Å²) in [5, 5.41) is 7.32. The number of nitrogens with zero attached hydrogens (tertiary/aromatic N) is 1. The van der Waals surface area contributed by atoms with Gasteiger partial charge in [0.2, 0.25) is 0 Å². The average molecular weight is 525 g/mol. The van der Waals surface area contributed by atoms with E-state index in [0.717, 1.165) is 31.8 Å². The zero-order valence-electron chi connectivity index (χ0n) is 16.8. The average Bonchev–Trinajstić information content (AvgIpc) is 3.36. The van der Waals surface area contributed by atoms with Crippen molar-refractivity contribution < 1.29 is 13.2 Å². The van der Waals surface area contributed by atoms with E-state index in [-0.39, 0.29) is 35.5 Å². The van der Waals surface area contributed by atoms with Crippen LogP contribution < -0.4 is 10.6 Å². The molecule has 4 rings (SSSR count). The summed E-state index contributed by atoms with van der Waals surface area (Å²) in [5.41, 5.74) is 0.0912. The van der Waals surface area contributed by atoms with Crippen LogP contribution in [0.25, 0.3) is 0 Å². The van der Waals surface area contributed by atoms with Gasteiger partial charge in [-0.15, -0.1) is 24.0 Å². The molecular formula is C20H36IN3O3S. The highest BCUT2D eigenvalue weighted by Gasteiger charge is 2.40. The Morgan fingerprint density at radius 3 is 2.39 bits per heavy atom. The van der Waals surface area contributed by atoms with Crippen LogP contribution in [0, 0.1) is 5.92 Å². The molecule has 2 unspecified atom stereocenters. The summed E-state index contributed by atoms with van der Waals surface area (Å²) in [4.78, 5) is 4.83. The third kappa shape index (κ3) is 5.97. The van der Waals surface area contributed by atoms with Gasteiger partial charge in [0.25, 0.3) is 0 Å². The number of sulfone groups is 1. The van der Waals surface area contributed by atoms with Crippen molar-refractivity contribution in [2.45, 2.75) is 88.3 Å². The summed E-state index contributed by atoms with van der Waals surface area (Å²) < 4.78 is 29.6. The fourth-order valence-corrected chi connectivity index (χ4v) is 7.19. The van der Waals surface area contributed by atoms with Crippen molar-refractivity contribution in [2.24, 2.45) is 10.9 Å². The van der Waals surface area contributed by atoms with Crippen molar-refractivity contribution in [1.82, 2.24) is 10.6 Å². The predicted octanol–water partition coefficient (Wildman–Crippen LogP) is 3.01. The second-order valence-electron chi connectivity index (χ2n) is 9.16. The number of guanidine groups is 1. The Morgan fingerprint density at radius 1 is 1.00 bits per heavy atom. The van der Waals surface area contributed by atoms with E-state index in [1.807, 2.05) is 0 Å². The molecule has 8 heteroatoms. The molecule has 0 aromatic carbocycles. The molecule has 2 aliphatic carbocycles. The fourth-order valence-electron chi connectivity index (χ4n) is 5.34. The first-order chi connectivity index (χ1) is 13.0. The molecule has 0 aromatic rings. The van der Waals surface area contributed by atoms with Crippen LogP contribution in [-0.2, 0) is 14.6 Å². The minimum Gasteiger partial charge on any atom is -0.375 e. The van der Waals surface area contributed by atoms with Gasteiger partial charge in [-0.25, -0.2) is 8.42 Å². The first-order valence-electron chi connectivity index (χ1n) is 10.9. The number of aliphatic imine (C=N–C) groups is 1. The molecule has 2 saturated carbocycles. The summed E-state index contributed by atoms with van der Waals surface area (Å²) in [5.74, 6) is 1.70. The number of ether oxygens (including phenoxy) is 1. The van der Waals surface area contributed by atoms with E-state index in [9.17, 15) is 8.42 Å². The molecule has 0 amide bonds. The van der Waals surface area contributed by atoms with E-state index >= 15 is 0 Å². The van der Waals surface area contributed by atoms with Gasteiger partial charge in [0.1, 0.15) is 0 Å². The Hall–Kier alpha value is -0.0900. The van der Waals surface area contributed by atoms with Crippen molar-refractivity contribution in [3.05, 3.63) is 0 Å². The maximum atomic E-state index is 11.7. The van der Waals surface area contributed by atoms with Gasteiger partial charge in [0, 0.05) is 25.2 Å². The lowest BCUT2D eigenvalue weighted by atomic mass is 9.89. The lowest BCUT2D eigenvalue weighted by Gasteiger charge is -2.39. The van der Waals surface area contributed by atoms with Gasteiger partial charge >= 0.3 is 0 Å². The number of rotatable bonds is 4. The van der Waals surface area contributed by atoms with E-state index in [4.69, 9.17) is 9.73 Å². The van der Waals surface area contributed by atoms with E-state index in [0.29, 0.717) is 30.1 Å². The van der Waals surface area contributed by atoms with Gasteiger partial charge in [-0.1, -0.05) is 25.7 Å². The Bertz CT molecular complexity index is 643. The standard InChI is InChI=1S/C20H35N3O3S.HI/c24-27(25)12-8-16(15-27)14-21-19(22-17-5-1-2-6-17)23-18-7-11-26-20(13-18)9-3-4-10-20;/h16-18H,1-15H2,(H2,21,22,23);1H. The van der Waals surface area contributed by atoms with Crippen molar-refractivity contribution in [3.8, 4) is 0 Å². The molecule has 6 nitrogen and oxygen atoms in total. The zero-order chi connectivity index (χ0) is 18.7. The van der Waals surface area contributed by atoms with Crippen LogP contribution in [0.15, 0.2) is 4.99 Å². The summed E-state index contributed by atoms with van der Waals surface area (Å²) in [6.07, 6.45) is 12.8. The topological polar surface area (TPSA) is 79.8 Å². The molecule has 2 heterocycles. The number of hydrogen-bond donors (Lipinski definition) is 2. The molecule has 2 N–H and O–H groups in total. The second-order valence-corrected chi connectivity index (χ2v) is 11.4. The molecule has 0 radical (unpaired) electrons. The van der Waals surface area contributed by atoms with Gasteiger partial charge in [-0.05, 0) is 50.9 Å². The van der Waals surface area contributed by atoms with Crippen molar-refractivity contribution in [1.29, 1.82) is 0 Å². The van der Waals surface area contributed by atoms with Gasteiger partial charge in [0.05, 0.1) is 17.1 Å². The van der Waals surface area contributed by atoms with Crippen LogP contribution in [0.1, 0.15) is 70.6 Å². The Balaban J connectivity index is 0.00000225. The normalized spacial score (nSPS) is 32.4. The highest BCUT2D eigenvalue weighted by molar-refractivity contribution is 14.0. The number of halogens is 1. The molecule has 162 valence electrons. The van der Waals surface area contributed by atoms with Crippen molar-refractivity contribution in [3.63, 3.8) is 0 Å². The maximum Gasteiger partial charge on any atom is 0.191 e. The molecule has 4 fully saturated rings. The molecule has 0 bridgehead atoms. The van der Waals surface area contributed by atoms with E-state index < -0.39 is 9.84 Å². The maximum absolute atomic E-state index is 11.7. The molecule has 1 spiro atoms. The quantitative estimate of drug-likeness (QED) is 0.335. The summed E-state index contributed by atoms with van der Waals surface area (Å²) in [7, 11) is -2.83. The highest BCUT2D eigenvalue weighted by Crippen LogP contribution is 2.40. The highest BCUT2D eigenvalue weighted by atomic mass is 127. The lowest BCUT2D eigenvalue weighted by Crippen LogP contribution is -2.52. The molecule has 0 aromatic heterocycles. The Morgan fingerprint density at radius 2 is 1.71 bits per heavy atom. The Labute approximate surface area is 187 Å². The zero-order valence-corrected chi connectivity index (χ0v) is 20.0. The van der Waals surface area contributed by atoms with Crippen LogP contribution in [0.5, 0.6) is 0 Å². The monoisotopic (exact) mass is 525 g/mol. The van der Waals surface area contributed by atoms with Gasteiger partial charge in [-0.2, -0.15) is 0 Å². The first-order valence-corrected chi connectivity index (χ1v) is 12.8. The van der Waals surface area contributed by atoms with Gasteiger partial charge < -0.3 is 15.4 Å². The number of hydrogen-bond acceptors (Lipinski definition) is 4. The number of nitrogens with one attached hydrogen (secondary N) is 2. The molecule has 28 heavy (non-hydrogen) atoms. The summed E-state index contributed by atoms with van der Waals surface area (Å²) in [6.45, 7) is 1.44. The molecule has 2 saturated heterocycles. The SMILES string of the molecule is I.O=S1(=O)CCC(CN=C(NC2CCCC2)NC2CCOC3(CCCC3)C2)C1. The van der Waals surface area contributed by atoms with E-state index in [1.165, 1.54) is 51.4 Å². The molecular weight excluding hydrogens is 489 g/mol. The first kappa shape index (κ1) is 22.6. The fraction of sp³-hybridized carbons (Fsp3) is 0.950. The smallest absolute Gasteiger partial charge is 0.191 e. The lowest BCUT2D eigenvalue weighted by molar-refractivity contribution is -0.0815. The van der Waals surface area contributed by atoms with Crippen LogP contribution in [-0.4, -0.2) is 56.7 Å². The van der Waals surface area contributed by atoms with Crippen molar-refractivity contribution in [2.75, 3.05) is 24.7 Å². The van der Waals surface area contributed by atoms with Gasteiger partial charge in [0.15, 0.2) is 15.8 Å². The Kier molecular flexibility index (Phi) is 7.92. The van der Waals surface area contributed by atoms with Gasteiger partial charge in [-0.3, -0.25) is 4.99 Å². The predicted molar refractivity (Wildman–Crippen MR) is 123 cm³/mol. The van der Waals surface area contributed by atoms with Crippen LogP contribution in [0.2, 0.25) is 0 Å². The van der Waals surface area contributed by atoms with Crippen LogP contribution in [0.3, 0.4) is 0 Å². The third-order valence-corrected chi connectivity index (χ3v) is 8.72. The second kappa shape index (κ2) is 9.81. The van der Waals surface area contributed by atoms with Crippen LogP contribution >= 0.6 is 24.0 Å². The molecule has 2 atom stereocenters.